The summed E-state index contributed by atoms with van der Waals surface area (Å²) in [5.74, 6) is -0.0949. The normalized spacial score (nSPS) is 15.1. The highest BCUT2D eigenvalue weighted by Gasteiger charge is 2.25. The minimum Gasteiger partial charge on any atom is -0.336 e. The molecule has 2 rings (SSSR count). The lowest BCUT2D eigenvalue weighted by Crippen LogP contribution is -2.54. The van der Waals surface area contributed by atoms with Crippen molar-refractivity contribution < 1.29 is 9.59 Å². The molecule has 1 aromatic carbocycles. The second-order valence-electron chi connectivity index (χ2n) is 5.51. The lowest BCUT2D eigenvalue weighted by Gasteiger charge is -2.35. The van der Waals surface area contributed by atoms with Crippen molar-refractivity contribution in [3.05, 3.63) is 33.8 Å². The summed E-state index contributed by atoms with van der Waals surface area (Å²) >= 11 is 11.8. The van der Waals surface area contributed by atoms with E-state index in [0.29, 0.717) is 41.8 Å². The Morgan fingerprint density at radius 2 is 1.64 bits per heavy atom. The monoisotopic (exact) mass is 343 g/mol. The smallest absolute Gasteiger partial charge is 0.317 e. The van der Waals surface area contributed by atoms with Gasteiger partial charge in [0.2, 0.25) is 0 Å². The van der Waals surface area contributed by atoms with Crippen LogP contribution in [0.2, 0.25) is 10.0 Å². The van der Waals surface area contributed by atoms with E-state index in [0.717, 1.165) is 0 Å². The van der Waals surface area contributed by atoms with Gasteiger partial charge in [0.15, 0.2) is 0 Å². The molecule has 5 nitrogen and oxygen atoms in total. The van der Waals surface area contributed by atoms with E-state index in [1.807, 2.05) is 13.8 Å². The molecular weight excluding hydrogens is 325 g/mol. The van der Waals surface area contributed by atoms with Gasteiger partial charge in [-0.1, -0.05) is 23.2 Å². The zero-order valence-electron chi connectivity index (χ0n) is 12.6. The minimum atomic E-state index is -0.0949. The van der Waals surface area contributed by atoms with Gasteiger partial charge in [0, 0.05) is 37.8 Å². The van der Waals surface area contributed by atoms with Crippen molar-refractivity contribution in [2.24, 2.45) is 0 Å². The van der Waals surface area contributed by atoms with Gasteiger partial charge >= 0.3 is 6.03 Å². The van der Waals surface area contributed by atoms with Gasteiger partial charge in [0.1, 0.15) is 0 Å². The van der Waals surface area contributed by atoms with E-state index >= 15 is 0 Å². The third-order valence-corrected chi connectivity index (χ3v) is 4.17. The van der Waals surface area contributed by atoms with Crippen LogP contribution in [0.3, 0.4) is 0 Å². The lowest BCUT2D eigenvalue weighted by atomic mass is 10.2. The molecule has 0 aliphatic carbocycles. The first kappa shape index (κ1) is 16.9. The zero-order chi connectivity index (χ0) is 16.3. The van der Waals surface area contributed by atoms with Crippen molar-refractivity contribution in [3.8, 4) is 0 Å². The molecule has 1 fully saturated rings. The predicted octanol–water partition coefficient (Wildman–Crippen LogP) is 2.87. The number of halogens is 2. The van der Waals surface area contributed by atoms with E-state index in [2.05, 4.69) is 5.32 Å². The molecule has 120 valence electrons. The van der Waals surface area contributed by atoms with E-state index in [1.165, 1.54) is 0 Å². The molecule has 0 bridgehead atoms. The largest absolute Gasteiger partial charge is 0.336 e. The molecule has 0 radical (unpaired) electrons. The van der Waals surface area contributed by atoms with Crippen molar-refractivity contribution in [3.63, 3.8) is 0 Å². The zero-order valence-corrected chi connectivity index (χ0v) is 14.1. The van der Waals surface area contributed by atoms with E-state index in [-0.39, 0.29) is 18.0 Å². The molecule has 1 N–H and O–H groups in total. The number of piperazine rings is 1. The van der Waals surface area contributed by atoms with Crippen molar-refractivity contribution in [1.29, 1.82) is 0 Å². The minimum absolute atomic E-state index is 0.0864. The Bertz CT molecular complexity index is 570. The Balaban J connectivity index is 1.95. The van der Waals surface area contributed by atoms with Gasteiger partial charge in [0.05, 0.1) is 10.0 Å². The van der Waals surface area contributed by atoms with Crippen LogP contribution < -0.4 is 5.32 Å². The molecule has 0 unspecified atom stereocenters. The van der Waals surface area contributed by atoms with E-state index < -0.39 is 0 Å². The molecule has 1 aromatic rings. The van der Waals surface area contributed by atoms with Crippen molar-refractivity contribution in [1.82, 2.24) is 15.1 Å². The number of amides is 3. The first-order chi connectivity index (χ1) is 10.4. The van der Waals surface area contributed by atoms with Gasteiger partial charge < -0.3 is 15.1 Å². The second kappa shape index (κ2) is 7.20. The van der Waals surface area contributed by atoms with Crippen LogP contribution in [-0.4, -0.2) is 54.0 Å². The number of carbonyl (C=O) groups is 2. The fraction of sp³-hybridized carbons (Fsp3) is 0.467. The Morgan fingerprint density at radius 3 is 2.18 bits per heavy atom. The van der Waals surface area contributed by atoms with Crippen LogP contribution in [0.25, 0.3) is 0 Å². The summed E-state index contributed by atoms with van der Waals surface area (Å²) in [6, 6.07) is 4.86. The van der Waals surface area contributed by atoms with Crippen LogP contribution in [-0.2, 0) is 0 Å². The Labute approximate surface area is 140 Å². The summed E-state index contributed by atoms with van der Waals surface area (Å²) in [4.78, 5) is 27.8. The maximum Gasteiger partial charge on any atom is 0.317 e. The highest BCUT2D eigenvalue weighted by atomic mass is 35.5. The molecule has 0 spiro atoms. The summed E-state index contributed by atoms with van der Waals surface area (Å²) in [6.07, 6.45) is 0. The molecular formula is C15H19Cl2N3O2. The van der Waals surface area contributed by atoms with Crippen LogP contribution in [0.1, 0.15) is 24.2 Å². The Hall–Kier alpha value is -1.46. The molecule has 1 aliphatic rings. The van der Waals surface area contributed by atoms with Gasteiger partial charge in [-0.3, -0.25) is 4.79 Å². The summed E-state index contributed by atoms with van der Waals surface area (Å²) in [5, 5.41) is 3.64. The molecule has 1 saturated heterocycles. The second-order valence-corrected chi connectivity index (χ2v) is 6.33. The fourth-order valence-electron chi connectivity index (χ4n) is 2.26. The third-order valence-electron chi connectivity index (χ3n) is 3.43. The van der Waals surface area contributed by atoms with Gasteiger partial charge in [-0.25, -0.2) is 4.79 Å². The van der Waals surface area contributed by atoms with Gasteiger partial charge in [0.25, 0.3) is 5.91 Å². The average Bonchev–Trinajstić information content (AvgIpc) is 2.49. The molecule has 3 amide bonds. The SMILES string of the molecule is CC(C)NC(=O)N1CCN(C(=O)c2ccc(Cl)c(Cl)c2)CC1. The summed E-state index contributed by atoms with van der Waals surface area (Å²) in [5.41, 5.74) is 0.509. The van der Waals surface area contributed by atoms with Crippen LogP contribution in [0, 0.1) is 0 Å². The first-order valence-electron chi connectivity index (χ1n) is 7.18. The van der Waals surface area contributed by atoms with E-state index in [1.54, 1.807) is 28.0 Å². The lowest BCUT2D eigenvalue weighted by molar-refractivity contribution is 0.0664. The Kier molecular flexibility index (Phi) is 5.53. The maximum absolute atomic E-state index is 12.4. The molecule has 1 aliphatic heterocycles. The number of benzene rings is 1. The standard InChI is InChI=1S/C15H19Cl2N3O2/c1-10(2)18-15(22)20-7-5-19(6-8-20)14(21)11-3-4-12(16)13(17)9-11/h3-4,9-10H,5-8H2,1-2H3,(H,18,22). The first-order valence-corrected chi connectivity index (χ1v) is 7.94. The quantitative estimate of drug-likeness (QED) is 0.897. The van der Waals surface area contributed by atoms with Crippen LogP contribution >= 0.6 is 23.2 Å². The number of nitrogens with zero attached hydrogens (tertiary/aromatic N) is 2. The number of hydrogen-bond donors (Lipinski definition) is 1. The van der Waals surface area contributed by atoms with Gasteiger partial charge in [-0.15, -0.1) is 0 Å². The molecule has 0 saturated carbocycles. The summed E-state index contributed by atoms with van der Waals surface area (Å²) in [6.45, 7) is 5.89. The number of hydrogen-bond acceptors (Lipinski definition) is 2. The highest BCUT2D eigenvalue weighted by molar-refractivity contribution is 6.42. The third kappa shape index (κ3) is 4.05. The predicted molar refractivity (Wildman–Crippen MR) is 87.6 cm³/mol. The van der Waals surface area contributed by atoms with E-state index in [4.69, 9.17) is 23.2 Å². The molecule has 0 aromatic heterocycles. The number of urea groups is 1. The van der Waals surface area contributed by atoms with Gasteiger partial charge in [-0.2, -0.15) is 0 Å². The molecule has 1 heterocycles. The van der Waals surface area contributed by atoms with Crippen molar-refractivity contribution in [2.45, 2.75) is 19.9 Å². The van der Waals surface area contributed by atoms with Crippen molar-refractivity contribution >= 4 is 35.1 Å². The summed E-state index contributed by atoms with van der Waals surface area (Å²) in [7, 11) is 0. The van der Waals surface area contributed by atoms with Crippen LogP contribution in [0.15, 0.2) is 18.2 Å². The van der Waals surface area contributed by atoms with Crippen LogP contribution in [0.5, 0.6) is 0 Å². The number of carbonyl (C=O) groups excluding carboxylic acids is 2. The average molecular weight is 344 g/mol. The number of rotatable bonds is 2. The molecule has 22 heavy (non-hydrogen) atoms. The number of nitrogens with one attached hydrogen (secondary N) is 1. The van der Waals surface area contributed by atoms with Crippen LogP contribution in [0.4, 0.5) is 4.79 Å². The highest BCUT2D eigenvalue weighted by Crippen LogP contribution is 2.23. The summed E-state index contributed by atoms with van der Waals surface area (Å²) < 4.78 is 0. The maximum atomic E-state index is 12.4. The van der Waals surface area contributed by atoms with Gasteiger partial charge in [-0.05, 0) is 32.0 Å². The topological polar surface area (TPSA) is 52.7 Å². The van der Waals surface area contributed by atoms with Crippen molar-refractivity contribution in [2.75, 3.05) is 26.2 Å². The Morgan fingerprint density at radius 1 is 1.05 bits per heavy atom. The molecule has 7 heteroatoms. The van der Waals surface area contributed by atoms with E-state index in [9.17, 15) is 9.59 Å². The molecule has 0 atom stereocenters. The fourth-order valence-corrected chi connectivity index (χ4v) is 2.56.